The summed E-state index contributed by atoms with van der Waals surface area (Å²) in [5.41, 5.74) is 3.85. The molecule has 1 unspecified atom stereocenters. The fourth-order valence-corrected chi connectivity index (χ4v) is 14.0. The molecule has 3 nitrogen and oxygen atoms in total. The molecule has 0 aliphatic rings. The van der Waals surface area contributed by atoms with Gasteiger partial charge in [0.2, 0.25) is 0 Å². The highest BCUT2D eigenvalue weighted by atomic mass is 31.1. The highest BCUT2D eigenvalue weighted by Crippen LogP contribution is 2.28. The first-order valence-corrected chi connectivity index (χ1v) is 23.9. The summed E-state index contributed by atoms with van der Waals surface area (Å²) in [5, 5.41) is 3.49. The molecule has 1 atom stereocenters. The van der Waals surface area contributed by atoms with Crippen molar-refractivity contribution in [3.05, 3.63) is 89.5 Å². The Balaban J connectivity index is 2.05. The van der Waals surface area contributed by atoms with Crippen molar-refractivity contribution in [3.63, 3.8) is 0 Å². The lowest BCUT2D eigenvalue weighted by Gasteiger charge is -2.36. The van der Waals surface area contributed by atoms with Gasteiger partial charge in [-0.3, -0.25) is 4.57 Å². The van der Waals surface area contributed by atoms with E-state index < -0.39 is 16.6 Å². The molecule has 0 saturated carbocycles. The zero-order valence-corrected chi connectivity index (χ0v) is 34.2. The Bertz CT molecular complexity index is 1190. The van der Waals surface area contributed by atoms with E-state index in [0.29, 0.717) is 0 Å². The molecule has 0 heterocycles. The Hall–Kier alpha value is -1.97. The molecule has 0 aliphatic carbocycles. The van der Waals surface area contributed by atoms with Crippen LogP contribution in [0.4, 0.5) is 0 Å². The van der Waals surface area contributed by atoms with E-state index in [-0.39, 0.29) is 0 Å². The van der Waals surface area contributed by atoms with Gasteiger partial charge in [-0.05, 0) is 70.8 Å². The van der Waals surface area contributed by atoms with E-state index in [1.807, 2.05) is 0 Å². The van der Waals surface area contributed by atoms with Crippen molar-refractivity contribution in [3.8, 4) is 0 Å². The minimum atomic E-state index is -3.40. The largest absolute Gasteiger partial charge is 0.338 e. The Morgan fingerprint density at radius 2 is 0.700 bits per heavy atom. The smallest absolute Gasteiger partial charge is 0.307 e. The van der Waals surface area contributed by atoms with Gasteiger partial charge in [0, 0.05) is 0 Å². The molecule has 0 fully saturated rings. The van der Waals surface area contributed by atoms with E-state index in [4.69, 9.17) is 4.21 Å². The second-order valence-corrected chi connectivity index (χ2v) is 19.0. The van der Waals surface area contributed by atoms with Gasteiger partial charge < -0.3 is 9.11 Å². The predicted molar refractivity (Wildman–Crippen MR) is 221 cm³/mol. The number of hydrogen-bond donors (Lipinski definition) is 1. The predicted octanol–water partition coefficient (Wildman–Crippen LogP) is 11.9. The van der Waals surface area contributed by atoms with E-state index >= 15 is 0 Å². The average Bonchev–Trinajstić information content (AvgIpc) is 3.13. The van der Waals surface area contributed by atoms with E-state index in [1.54, 1.807) is 0 Å². The molecule has 3 aromatic rings. The summed E-state index contributed by atoms with van der Waals surface area (Å²) in [6.07, 6.45) is 29.4. The van der Waals surface area contributed by atoms with Crippen LogP contribution in [0.15, 0.2) is 72.8 Å². The molecule has 0 radical (unpaired) electrons. The molecule has 278 valence electrons. The normalized spacial score (nSPS) is 12.4. The Morgan fingerprint density at radius 1 is 0.440 bits per heavy atom. The van der Waals surface area contributed by atoms with Gasteiger partial charge in [0.1, 0.15) is 0 Å². The molecule has 3 rings (SSSR count). The summed E-state index contributed by atoms with van der Waals surface area (Å²) in [5.74, 6) is 0. The molecule has 0 aliphatic heterocycles. The second kappa shape index (κ2) is 25.9. The van der Waals surface area contributed by atoms with Crippen molar-refractivity contribution in [1.29, 1.82) is 0 Å². The van der Waals surface area contributed by atoms with E-state index in [1.165, 1.54) is 132 Å². The van der Waals surface area contributed by atoms with Gasteiger partial charge in [-0.2, -0.15) is 0 Å². The van der Waals surface area contributed by atoms with Crippen LogP contribution in [0.1, 0.15) is 172 Å². The van der Waals surface area contributed by atoms with Crippen LogP contribution in [0.3, 0.4) is 0 Å². The molecule has 0 amide bonds. The monoisotopic (exact) mass is 718 g/mol. The SMILES string of the molecule is CCCCCCCCCc1ccccc1[Si](O[PH](=O)O)(c1ccccc1CCCCCCCCC)c1ccccc1CCCCCCCCC. The summed E-state index contributed by atoms with van der Waals surface area (Å²) < 4.78 is 20.0. The summed E-state index contributed by atoms with van der Waals surface area (Å²) in [7, 11) is -6.68. The first-order valence-electron chi connectivity index (χ1n) is 20.8. The molecule has 50 heavy (non-hydrogen) atoms. The average molecular weight is 719 g/mol. The van der Waals surface area contributed by atoms with Crippen LogP contribution in [0.2, 0.25) is 0 Å². The third-order valence-electron chi connectivity index (χ3n) is 10.6. The molecular weight excluding hydrogens is 648 g/mol. The molecular formula is C45H71O3PSi. The van der Waals surface area contributed by atoms with Gasteiger partial charge in [0.05, 0.1) is 0 Å². The summed E-state index contributed by atoms with van der Waals surface area (Å²) >= 11 is 0. The van der Waals surface area contributed by atoms with Crippen LogP contribution >= 0.6 is 8.25 Å². The fraction of sp³-hybridized carbons (Fsp3) is 0.600. The van der Waals surface area contributed by atoms with E-state index in [9.17, 15) is 9.46 Å². The molecule has 0 saturated heterocycles. The van der Waals surface area contributed by atoms with Crippen molar-refractivity contribution < 1.29 is 13.7 Å². The lowest BCUT2D eigenvalue weighted by molar-refractivity contribution is 0.414. The van der Waals surface area contributed by atoms with Crippen molar-refractivity contribution in [2.45, 2.75) is 175 Å². The van der Waals surface area contributed by atoms with Gasteiger partial charge in [0.15, 0.2) is 0 Å². The maximum absolute atomic E-state index is 13.2. The second-order valence-electron chi connectivity index (χ2n) is 14.6. The van der Waals surface area contributed by atoms with Gasteiger partial charge in [-0.25, -0.2) is 0 Å². The van der Waals surface area contributed by atoms with Crippen LogP contribution in [0, 0.1) is 0 Å². The highest BCUT2D eigenvalue weighted by Gasteiger charge is 2.47. The van der Waals surface area contributed by atoms with Crippen molar-refractivity contribution >= 4 is 32.1 Å². The molecule has 1 N–H and O–H groups in total. The first-order chi connectivity index (χ1) is 24.6. The van der Waals surface area contributed by atoms with E-state index in [0.717, 1.165) is 54.1 Å². The fourth-order valence-electron chi connectivity index (χ4n) is 7.79. The van der Waals surface area contributed by atoms with Gasteiger partial charge in [-0.1, -0.05) is 209 Å². The lowest BCUT2D eigenvalue weighted by atomic mass is 10.0. The van der Waals surface area contributed by atoms with Crippen LogP contribution in [-0.4, -0.2) is 13.2 Å². The maximum atomic E-state index is 13.2. The van der Waals surface area contributed by atoms with Crippen molar-refractivity contribution in [2.75, 3.05) is 0 Å². The molecule has 0 aromatic heterocycles. The first kappa shape index (κ1) is 42.4. The molecule has 3 aromatic carbocycles. The van der Waals surface area contributed by atoms with Crippen LogP contribution in [0.5, 0.6) is 0 Å². The molecule has 5 heteroatoms. The Kier molecular flexibility index (Phi) is 22.0. The third kappa shape index (κ3) is 14.2. The third-order valence-corrected chi connectivity index (χ3v) is 16.2. The van der Waals surface area contributed by atoms with Gasteiger partial charge >= 0.3 is 8.25 Å². The van der Waals surface area contributed by atoms with Crippen molar-refractivity contribution in [1.82, 2.24) is 0 Å². The quantitative estimate of drug-likeness (QED) is 0.0336. The number of unbranched alkanes of at least 4 members (excludes halogenated alkanes) is 18. The summed E-state index contributed by atoms with van der Waals surface area (Å²) in [6.45, 7) is 6.82. The highest BCUT2D eigenvalue weighted by molar-refractivity contribution is 7.37. The maximum Gasteiger partial charge on any atom is 0.307 e. The number of rotatable bonds is 29. The van der Waals surface area contributed by atoms with Gasteiger partial charge in [-0.15, -0.1) is 0 Å². The summed E-state index contributed by atoms with van der Waals surface area (Å²) in [4.78, 5) is 10.9. The topological polar surface area (TPSA) is 46.5 Å². The number of aryl methyl sites for hydroxylation is 3. The number of hydrogen-bond acceptors (Lipinski definition) is 2. The van der Waals surface area contributed by atoms with Gasteiger partial charge in [0.25, 0.3) is 8.32 Å². The molecule has 0 bridgehead atoms. The van der Waals surface area contributed by atoms with Crippen LogP contribution < -0.4 is 15.6 Å². The lowest BCUT2D eigenvalue weighted by Crippen LogP contribution is -2.70. The minimum Gasteiger partial charge on any atom is -0.338 e. The zero-order valence-electron chi connectivity index (χ0n) is 32.2. The van der Waals surface area contributed by atoms with Crippen LogP contribution in [-0.2, 0) is 28.0 Å². The summed E-state index contributed by atoms with van der Waals surface area (Å²) in [6, 6.07) is 26.3. The van der Waals surface area contributed by atoms with Crippen LogP contribution in [0.25, 0.3) is 0 Å². The Labute approximate surface area is 309 Å². The minimum absolute atomic E-state index is 0.967. The van der Waals surface area contributed by atoms with Crippen molar-refractivity contribution in [2.24, 2.45) is 0 Å². The molecule has 0 spiro atoms. The van der Waals surface area contributed by atoms with E-state index in [2.05, 4.69) is 93.6 Å². The Morgan fingerprint density at radius 3 is 0.980 bits per heavy atom. The zero-order chi connectivity index (χ0) is 35.7. The number of benzene rings is 3. The standard InChI is InChI=1S/C45H71O3PSi/c1-4-7-10-13-16-19-22-31-40-34-25-28-37-43(40)50(48-49(46)47,44-38-29-26-35-41(44)32-23-20-17-14-11-8-5-2)45-39-30-27-36-42(45)33-24-21-18-15-12-9-6-3/h25-30,34-39,49H,4-24,31-33H2,1-3H3,(H,46,47).